The molecule has 4 nitrogen and oxygen atoms in total. The van der Waals surface area contributed by atoms with E-state index in [-0.39, 0.29) is 11.9 Å². The quantitative estimate of drug-likeness (QED) is 0.707. The zero-order valence-corrected chi connectivity index (χ0v) is 10.6. The first kappa shape index (κ1) is 13.5. The Morgan fingerprint density at radius 3 is 2.56 bits per heavy atom. The van der Waals surface area contributed by atoms with Gasteiger partial charge < -0.3 is 15.4 Å². The molecule has 0 heterocycles. The van der Waals surface area contributed by atoms with Crippen LogP contribution in [0, 0.1) is 5.92 Å². The van der Waals surface area contributed by atoms with Gasteiger partial charge in [0.05, 0.1) is 12.6 Å². The van der Waals surface area contributed by atoms with Gasteiger partial charge in [-0.15, -0.1) is 0 Å². The van der Waals surface area contributed by atoms with E-state index in [9.17, 15) is 4.79 Å². The maximum absolute atomic E-state index is 12.1. The van der Waals surface area contributed by atoms with E-state index in [0.717, 1.165) is 19.3 Å². The number of rotatable bonds is 7. The zero-order chi connectivity index (χ0) is 12.1. The van der Waals surface area contributed by atoms with Crippen LogP contribution in [0.5, 0.6) is 0 Å². The molecule has 1 rings (SSSR count). The van der Waals surface area contributed by atoms with Crippen LogP contribution in [0.2, 0.25) is 0 Å². The molecule has 1 atom stereocenters. The second-order valence-electron chi connectivity index (χ2n) is 4.99. The zero-order valence-electron chi connectivity index (χ0n) is 10.6. The minimum atomic E-state index is -0.350. The maximum Gasteiger partial charge on any atom is 0.239 e. The van der Waals surface area contributed by atoms with Crippen LogP contribution in [0.25, 0.3) is 0 Å². The van der Waals surface area contributed by atoms with Crippen LogP contribution in [-0.2, 0) is 9.53 Å². The fourth-order valence-electron chi connectivity index (χ4n) is 1.87. The van der Waals surface area contributed by atoms with Gasteiger partial charge in [0.1, 0.15) is 0 Å². The lowest BCUT2D eigenvalue weighted by Crippen LogP contribution is -2.46. The van der Waals surface area contributed by atoms with Crippen molar-refractivity contribution in [2.75, 3.05) is 20.3 Å². The number of carbonyl (C=O) groups is 1. The van der Waals surface area contributed by atoms with Crippen molar-refractivity contribution in [1.29, 1.82) is 0 Å². The van der Waals surface area contributed by atoms with Crippen molar-refractivity contribution < 1.29 is 9.53 Å². The molecular weight excluding hydrogens is 204 g/mol. The van der Waals surface area contributed by atoms with Crippen LogP contribution in [0.1, 0.15) is 33.1 Å². The van der Waals surface area contributed by atoms with Crippen LogP contribution in [0.3, 0.4) is 0 Å². The smallest absolute Gasteiger partial charge is 0.239 e. The number of nitrogens with zero attached hydrogens (tertiary/aromatic N) is 1. The van der Waals surface area contributed by atoms with E-state index in [1.165, 1.54) is 0 Å². The molecule has 1 amide bonds. The van der Waals surface area contributed by atoms with Gasteiger partial charge in [-0.05, 0) is 25.2 Å². The Kier molecular flexibility index (Phi) is 5.22. The second-order valence-corrected chi connectivity index (χ2v) is 4.99. The summed E-state index contributed by atoms with van der Waals surface area (Å²) in [6.45, 7) is 5.44. The summed E-state index contributed by atoms with van der Waals surface area (Å²) in [4.78, 5) is 14.0. The first-order chi connectivity index (χ1) is 7.56. The molecule has 4 heteroatoms. The van der Waals surface area contributed by atoms with Crippen LogP contribution in [0.4, 0.5) is 0 Å². The summed E-state index contributed by atoms with van der Waals surface area (Å²) >= 11 is 0. The average Bonchev–Trinajstić information content (AvgIpc) is 3.01. The van der Waals surface area contributed by atoms with E-state index in [4.69, 9.17) is 10.5 Å². The fourth-order valence-corrected chi connectivity index (χ4v) is 1.87. The van der Waals surface area contributed by atoms with Gasteiger partial charge >= 0.3 is 0 Å². The Morgan fingerprint density at radius 1 is 1.50 bits per heavy atom. The molecule has 1 fully saturated rings. The van der Waals surface area contributed by atoms with Gasteiger partial charge in [0.25, 0.3) is 0 Å². The first-order valence-electron chi connectivity index (χ1n) is 6.11. The standard InChI is InChI=1S/C12H24N2O2/c1-9(2)8-11(13)12(15)14(6-7-16-3)10-4-5-10/h9-11H,4-8,13H2,1-3H3. The Hall–Kier alpha value is -0.610. The third kappa shape index (κ3) is 4.10. The third-order valence-corrected chi connectivity index (χ3v) is 2.85. The molecule has 2 N–H and O–H groups in total. The molecule has 1 saturated carbocycles. The lowest BCUT2D eigenvalue weighted by molar-refractivity contribution is -0.134. The molecule has 0 radical (unpaired) electrons. The summed E-state index contributed by atoms with van der Waals surface area (Å²) < 4.78 is 5.03. The summed E-state index contributed by atoms with van der Waals surface area (Å²) in [6.07, 6.45) is 2.99. The van der Waals surface area contributed by atoms with Crippen molar-refractivity contribution in [3.63, 3.8) is 0 Å². The van der Waals surface area contributed by atoms with E-state index < -0.39 is 0 Å². The van der Waals surface area contributed by atoms with E-state index in [1.807, 2.05) is 4.90 Å². The van der Waals surface area contributed by atoms with Crippen molar-refractivity contribution in [2.24, 2.45) is 11.7 Å². The highest BCUT2D eigenvalue weighted by atomic mass is 16.5. The number of ether oxygens (including phenoxy) is 1. The maximum atomic E-state index is 12.1. The number of hydrogen-bond donors (Lipinski definition) is 1. The fraction of sp³-hybridized carbons (Fsp3) is 0.917. The van der Waals surface area contributed by atoms with Gasteiger partial charge in [0.2, 0.25) is 5.91 Å². The summed E-state index contributed by atoms with van der Waals surface area (Å²) in [5.74, 6) is 0.552. The SMILES string of the molecule is COCCN(C(=O)C(N)CC(C)C)C1CC1. The topological polar surface area (TPSA) is 55.6 Å². The molecule has 1 aliphatic rings. The molecular formula is C12H24N2O2. The molecule has 16 heavy (non-hydrogen) atoms. The normalized spacial score (nSPS) is 17.6. The molecule has 0 spiro atoms. The van der Waals surface area contributed by atoms with Gasteiger partial charge in [-0.2, -0.15) is 0 Å². The highest BCUT2D eigenvalue weighted by Crippen LogP contribution is 2.27. The van der Waals surface area contributed by atoms with E-state index in [2.05, 4.69) is 13.8 Å². The summed E-state index contributed by atoms with van der Waals surface area (Å²) in [5.41, 5.74) is 5.92. The lowest BCUT2D eigenvalue weighted by Gasteiger charge is -2.26. The van der Waals surface area contributed by atoms with Gasteiger partial charge in [-0.1, -0.05) is 13.8 Å². The highest BCUT2D eigenvalue weighted by Gasteiger charge is 2.34. The number of carbonyl (C=O) groups excluding carboxylic acids is 1. The van der Waals surface area contributed by atoms with Crippen LogP contribution < -0.4 is 5.73 Å². The molecule has 0 bridgehead atoms. The molecule has 0 aromatic rings. The van der Waals surface area contributed by atoms with E-state index >= 15 is 0 Å². The van der Waals surface area contributed by atoms with Crippen LogP contribution in [-0.4, -0.2) is 43.2 Å². The number of methoxy groups -OCH3 is 1. The van der Waals surface area contributed by atoms with Crippen LogP contribution in [0.15, 0.2) is 0 Å². The average molecular weight is 228 g/mol. The monoisotopic (exact) mass is 228 g/mol. The van der Waals surface area contributed by atoms with Gasteiger partial charge in [-0.25, -0.2) is 0 Å². The summed E-state index contributed by atoms with van der Waals surface area (Å²) in [6, 6.07) is 0.0679. The Bertz CT molecular complexity index is 227. The molecule has 1 aliphatic carbocycles. The number of hydrogen-bond acceptors (Lipinski definition) is 3. The van der Waals surface area contributed by atoms with Crippen molar-refractivity contribution >= 4 is 5.91 Å². The Labute approximate surface area is 98.1 Å². The van der Waals surface area contributed by atoms with E-state index in [0.29, 0.717) is 25.1 Å². The van der Waals surface area contributed by atoms with Gasteiger partial charge in [0, 0.05) is 19.7 Å². The van der Waals surface area contributed by atoms with Gasteiger partial charge in [0.15, 0.2) is 0 Å². The Morgan fingerprint density at radius 2 is 2.12 bits per heavy atom. The highest BCUT2D eigenvalue weighted by molar-refractivity contribution is 5.82. The lowest BCUT2D eigenvalue weighted by atomic mass is 10.0. The Balaban J connectivity index is 2.45. The molecule has 94 valence electrons. The minimum Gasteiger partial charge on any atom is -0.383 e. The molecule has 0 aliphatic heterocycles. The summed E-state index contributed by atoms with van der Waals surface area (Å²) in [7, 11) is 1.66. The number of nitrogens with two attached hydrogens (primary N) is 1. The molecule has 0 aromatic carbocycles. The van der Waals surface area contributed by atoms with E-state index in [1.54, 1.807) is 7.11 Å². The summed E-state index contributed by atoms with van der Waals surface area (Å²) in [5, 5.41) is 0. The minimum absolute atomic E-state index is 0.0910. The first-order valence-corrected chi connectivity index (χ1v) is 6.11. The second kappa shape index (κ2) is 6.21. The molecule has 0 aromatic heterocycles. The predicted molar refractivity (Wildman–Crippen MR) is 64.0 cm³/mol. The molecule has 0 saturated heterocycles. The largest absolute Gasteiger partial charge is 0.383 e. The number of amides is 1. The van der Waals surface area contributed by atoms with Crippen molar-refractivity contribution in [1.82, 2.24) is 4.90 Å². The van der Waals surface area contributed by atoms with Crippen molar-refractivity contribution in [3.8, 4) is 0 Å². The van der Waals surface area contributed by atoms with Crippen molar-refractivity contribution in [2.45, 2.75) is 45.2 Å². The van der Waals surface area contributed by atoms with Gasteiger partial charge in [-0.3, -0.25) is 4.79 Å². The van der Waals surface area contributed by atoms with Crippen molar-refractivity contribution in [3.05, 3.63) is 0 Å². The third-order valence-electron chi connectivity index (χ3n) is 2.85. The molecule has 1 unspecified atom stereocenters. The van der Waals surface area contributed by atoms with Crippen LogP contribution >= 0.6 is 0 Å². The predicted octanol–water partition coefficient (Wildman–Crippen LogP) is 0.997.